The Morgan fingerprint density at radius 3 is 1.55 bits per heavy atom. The summed E-state index contributed by atoms with van der Waals surface area (Å²) in [6.45, 7) is 0. The van der Waals surface area contributed by atoms with Gasteiger partial charge in [-0.3, -0.25) is 0 Å². The van der Waals surface area contributed by atoms with Gasteiger partial charge < -0.3 is 4.42 Å². The normalized spacial score (nSPS) is 13.7. The summed E-state index contributed by atoms with van der Waals surface area (Å²) in [6, 6.07) is 44.5. The SMILES string of the molecule is [2H]c1c([2H])c([2H])c2c(-c3cccc4oc5cc(-c6cc(-c7ccccc7)ccc6-c6ccccc6)ccc5c34)c3c([2H])c([2H])c([2H])c([2H])c3c(-c3ccccc3)c2c1[2H]. The molecule has 0 radical (unpaired) electrons. The lowest BCUT2D eigenvalue weighted by atomic mass is 9.85. The molecule has 238 valence electrons. The van der Waals surface area contributed by atoms with Gasteiger partial charge >= 0.3 is 0 Å². The summed E-state index contributed by atoms with van der Waals surface area (Å²) in [7, 11) is 0. The maximum atomic E-state index is 9.39. The molecule has 0 amide bonds. The first kappa shape index (κ1) is 22.1. The molecule has 0 aliphatic rings. The molecule has 10 aromatic rings. The number of hydrogen-bond acceptors (Lipinski definition) is 1. The third kappa shape index (κ3) is 4.86. The van der Waals surface area contributed by atoms with Crippen LogP contribution in [0.3, 0.4) is 0 Å². The van der Waals surface area contributed by atoms with Crippen molar-refractivity contribution in [1.82, 2.24) is 0 Å². The molecule has 51 heavy (non-hydrogen) atoms. The van der Waals surface area contributed by atoms with Gasteiger partial charge in [0.25, 0.3) is 0 Å². The summed E-state index contributed by atoms with van der Waals surface area (Å²) < 4.78 is 79.2. The average molecular weight is 657 g/mol. The Morgan fingerprint density at radius 2 is 0.902 bits per heavy atom. The van der Waals surface area contributed by atoms with Crippen LogP contribution in [0, 0.1) is 0 Å². The van der Waals surface area contributed by atoms with Gasteiger partial charge in [-0.25, -0.2) is 0 Å². The number of hydrogen-bond donors (Lipinski definition) is 0. The van der Waals surface area contributed by atoms with Crippen LogP contribution < -0.4 is 0 Å². The largest absolute Gasteiger partial charge is 0.456 e. The smallest absolute Gasteiger partial charge is 0.136 e. The van der Waals surface area contributed by atoms with E-state index in [4.69, 9.17) is 9.90 Å². The third-order valence-electron chi connectivity index (χ3n) is 9.73. The molecule has 0 unspecified atom stereocenters. The number of benzene rings is 9. The first-order valence-corrected chi connectivity index (χ1v) is 16.9. The second-order valence-electron chi connectivity index (χ2n) is 12.6. The highest BCUT2D eigenvalue weighted by Crippen LogP contribution is 2.47. The van der Waals surface area contributed by atoms with Crippen LogP contribution in [0.5, 0.6) is 0 Å². The molecule has 0 saturated carbocycles. The number of furan rings is 1. The van der Waals surface area contributed by atoms with E-state index >= 15 is 0 Å². The van der Waals surface area contributed by atoms with Crippen molar-refractivity contribution in [1.29, 1.82) is 0 Å². The second-order valence-corrected chi connectivity index (χ2v) is 12.6. The molecule has 0 saturated heterocycles. The molecule has 0 atom stereocenters. The maximum Gasteiger partial charge on any atom is 0.136 e. The van der Waals surface area contributed by atoms with Crippen molar-refractivity contribution in [3.63, 3.8) is 0 Å². The van der Waals surface area contributed by atoms with E-state index < -0.39 is 24.2 Å². The predicted molar refractivity (Wildman–Crippen MR) is 216 cm³/mol. The Morgan fingerprint density at radius 1 is 0.333 bits per heavy atom. The fourth-order valence-electron chi connectivity index (χ4n) is 7.45. The Bertz CT molecular complexity index is 3260. The van der Waals surface area contributed by atoms with Crippen molar-refractivity contribution in [2.24, 2.45) is 0 Å². The highest BCUT2D eigenvalue weighted by molar-refractivity contribution is 6.25. The third-order valence-corrected chi connectivity index (χ3v) is 9.73. The molecule has 1 heterocycles. The average Bonchev–Trinajstić information content (AvgIpc) is 3.67. The van der Waals surface area contributed by atoms with Crippen LogP contribution in [0.15, 0.2) is 198 Å². The van der Waals surface area contributed by atoms with E-state index in [2.05, 4.69) is 48.5 Å². The van der Waals surface area contributed by atoms with E-state index in [1.807, 2.05) is 66.7 Å². The minimum atomic E-state index is -0.441. The molecular formula is C50H32O. The molecule has 0 N–H and O–H groups in total. The molecule has 0 spiro atoms. The van der Waals surface area contributed by atoms with Gasteiger partial charge in [-0.15, -0.1) is 0 Å². The molecule has 0 bridgehead atoms. The van der Waals surface area contributed by atoms with Gasteiger partial charge in [-0.05, 0) is 101 Å². The van der Waals surface area contributed by atoms with Gasteiger partial charge in [-0.1, -0.05) is 170 Å². The van der Waals surface area contributed by atoms with Crippen LogP contribution in [0.25, 0.3) is 99.1 Å². The van der Waals surface area contributed by atoms with Gasteiger partial charge in [0.15, 0.2) is 0 Å². The lowest BCUT2D eigenvalue weighted by Crippen LogP contribution is -1.91. The topological polar surface area (TPSA) is 13.1 Å². The molecular weight excluding hydrogens is 617 g/mol. The first-order valence-electron chi connectivity index (χ1n) is 20.9. The zero-order chi connectivity index (χ0) is 40.7. The van der Waals surface area contributed by atoms with Crippen LogP contribution >= 0.6 is 0 Å². The van der Waals surface area contributed by atoms with Gasteiger partial charge in [0, 0.05) is 10.8 Å². The predicted octanol–water partition coefficient (Wildman–Crippen LogP) is 14.2. The number of fused-ring (bicyclic) bond motifs is 5. The Hall–Kier alpha value is -6.70. The van der Waals surface area contributed by atoms with Crippen molar-refractivity contribution in [3.05, 3.63) is 194 Å². The molecule has 1 aromatic heterocycles. The van der Waals surface area contributed by atoms with Crippen molar-refractivity contribution >= 4 is 43.5 Å². The molecule has 1 heteroatoms. The van der Waals surface area contributed by atoms with E-state index in [1.54, 1.807) is 30.3 Å². The van der Waals surface area contributed by atoms with E-state index in [0.717, 1.165) is 38.8 Å². The molecule has 0 aliphatic heterocycles. The van der Waals surface area contributed by atoms with Gasteiger partial charge in [-0.2, -0.15) is 0 Å². The van der Waals surface area contributed by atoms with Crippen molar-refractivity contribution in [2.45, 2.75) is 0 Å². The van der Waals surface area contributed by atoms with Gasteiger partial charge in [0.2, 0.25) is 0 Å². The minimum Gasteiger partial charge on any atom is -0.456 e. The molecule has 1 nitrogen and oxygen atoms in total. The Kier molecular flexibility index (Phi) is 5.21. The minimum absolute atomic E-state index is 0.163. The van der Waals surface area contributed by atoms with E-state index in [0.29, 0.717) is 33.2 Å². The van der Waals surface area contributed by atoms with Gasteiger partial charge in [0.1, 0.15) is 11.2 Å². The molecule has 10 rings (SSSR count). The fraction of sp³-hybridized carbons (Fsp3) is 0. The van der Waals surface area contributed by atoms with Crippen molar-refractivity contribution in [2.75, 3.05) is 0 Å². The molecule has 0 aliphatic carbocycles. The highest BCUT2D eigenvalue weighted by atomic mass is 16.3. The quantitative estimate of drug-likeness (QED) is 0.168. The van der Waals surface area contributed by atoms with Crippen LogP contribution in [0.1, 0.15) is 11.0 Å². The Labute approximate surface area is 307 Å². The zero-order valence-corrected chi connectivity index (χ0v) is 27.3. The standard InChI is InChI=1S/C50H32O/c1-4-15-33(16-5-1)36-27-29-38(34-17-6-2-7-18-34)45(31-36)37-28-30-43-47(32-37)51-46-26-14-25-44(50(43)46)49-41-23-12-10-21-39(41)48(35-19-8-3-9-20-35)40-22-11-13-24-42(40)49/h1-32H/i10D,11D,12D,13D,21D,22D,23D,24D. The monoisotopic (exact) mass is 656 g/mol. The summed E-state index contributed by atoms with van der Waals surface area (Å²) in [4.78, 5) is 0. The number of rotatable bonds is 5. The fourth-order valence-corrected chi connectivity index (χ4v) is 7.45. The van der Waals surface area contributed by atoms with Crippen molar-refractivity contribution in [3.8, 4) is 55.6 Å². The van der Waals surface area contributed by atoms with Crippen molar-refractivity contribution < 1.29 is 15.4 Å². The summed E-state index contributed by atoms with van der Waals surface area (Å²) in [5.41, 5.74) is 9.04. The van der Waals surface area contributed by atoms with Crippen LogP contribution in [0.2, 0.25) is 0 Å². The van der Waals surface area contributed by atoms with Crippen LogP contribution in [-0.4, -0.2) is 0 Å². The van der Waals surface area contributed by atoms with Gasteiger partial charge in [0.05, 0.1) is 11.0 Å². The summed E-state index contributed by atoms with van der Waals surface area (Å²) in [5, 5.41) is 2.08. The lowest BCUT2D eigenvalue weighted by molar-refractivity contribution is 0.669. The summed E-state index contributed by atoms with van der Waals surface area (Å²) in [6.07, 6.45) is 0. The Balaban J connectivity index is 1.31. The molecule has 9 aromatic carbocycles. The zero-order valence-electron chi connectivity index (χ0n) is 35.3. The van der Waals surface area contributed by atoms with E-state index in [9.17, 15) is 5.48 Å². The van der Waals surface area contributed by atoms with Crippen LogP contribution in [-0.2, 0) is 0 Å². The maximum absolute atomic E-state index is 9.39. The van der Waals surface area contributed by atoms with E-state index in [-0.39, 0.29) is 51.3 Å². The lowest BCUT2D eigenvalue weighted by Gasteiger charge is -2.18. The molecule has 0 fully saturated rings. The van der Waals surface area contributed by atoms with E-state index in [1.165, 1.54) is 0 Å². The first-order chi connectivity index (χ1) is 28.6. The summed E-state index contributed by atoms with van der Waals surface area (Å²) in [5.74, 6) is 0. The van der Waals surface area contributed by atoms with Crippen LogP contribution in [0.4, 0.5) is 0 Å². The second kappa shape index (κ2) is 12.0. The highest BCUT2D eigenvalue weighted by Gasteiger charge is 2.21. The summed E-state index contributed by atoms with van der Waals surface area (Å²) >= 11 is 0.